The van der Waals surface area contributed by atoms with Crippen molar-refractivity contribution in [3.63, 3.8) is 0 Å². The van der Waals surface area contributed by atoms with Gasteiger partial charge in [0.05, 0.1) is 12.6 Å². The van der Waals surface area contributed by atoms with Gasteiger partial charge in [-0.05, 0) is 37.6 Å². The zero-order chi connectivity index (χ0) is 13.8. The van der Waals surface area contributed by atoms with Crippen LogP contribution in [0.25, 0.3) is 4.85 Å². The van der Waals surface area contributed by atoms with Crippen molar-refractivity contribution in [2.45, 2.75) is 37.0 Å². The van der Waals surface area contributed by atoms with Crippen LogP contribution in [0.1, 0.15) is 24.5 Å². The summed E-state index contributed by atoms with van der Waals surface area (Å²) >= 11 is 0. The summed E-state index contributed by atoms with van der Waals surface area (Å²) in [7, 11) is 1.93. The summed E-state index contributed by atoms with van der Waals surface area (Å²) in [5.74, 6) is -1.74. The molecule has 2 atom stereocenters. The van der Waals surface area contributed by atoms with Gasteiger partial charge in [0.1, 0.15) is 0 Å². The molecule has 0 amide bonds. The molecule has 2 bridgehead atoms. The predicted molar refractivity (Wildman–Crippen MR) is 72.0 cm³/mol. The van der Waals surface area contributed by atoms with Crippen molar-refractivity contribution in [3.05, 3.63) is 40.7 Å². The molecule has 4 nitrogen and oxygen atoms in total. The molecule has 0 radical (unpaired) electrons. The molecule has 0 spiro atoms. The average molecular weight is 258 g/mol. The molecule has 2 aliphatic rings. The van der Waals surface area contributed by atoms with E-state index in [1.165, 1.54) is 0 Å². The Balaban J connectivity index is 2.22. The molecule has 0 aromatic heterocycles. The van der Waals surface area contributed by atoms with Crippen LogP contribution in [0.3, 0.4) is 0 Å². The molecule has 0 saturated carbocycles. The first-order valence-corrected chi connectivity index (χ1v) is 6.56. The minimum Gasteiger partial charge on any atom is -0.364 e. The van der Waals surface area contributed by atoms with Crippen molar-refractivity contribution < 1.29 is 10.2 Å². The van der Waals surface area contributed by atoms with Crippen LogP contribution >= 0.6 is 0 Å². The highest BCUT2D eigenvalue weighted by Gasteiger charge is 2.59. The summed E-state index contributed by atoms with van der Waals surface area (Å²) in [4.78, 5) is 5.48. The van der Waals surface area contributed by atoms with Gasteiger partial charge < -0.3 is 10.2 Å². The maximum Gasteiger partial charge on any atom is 0.188 e. The summed E-state index contributed by atoms with van der Waals surface area (Å²) in [5.41, 5.74) is 1.92. The standard InChI is InChI=1S/C15H18N2O2/c1-14-6-7-17(3)13(15(14,18)19)8-10-4-5-11(16-2)9-12(10)14/h4-5,9,13,18-19H,6-8H2,1,3H3/t13-,14-/m1/s1. The maximum absolute atomic E-state index is 10.6. The zero-order valence-electron chi connectivity index (χ0n) is 11.2. The van der Waals surface area contributed by atoms with E-state index >= 15 is 0 Å². The second-order valence-corrected chi connectivity index (χ2v) is 5.96. The molecule has 1 heterocycles. The van der Waals surface area contributed by atoms with Crippen molar-refractivity contribution >= 4 is 5.69 Å². The fourth-order valence-corrected chi connectivity index (χ4v) is 3.58. The Kier molecular flexibility index (Phi) is 2.52. The molecule has 1 aliphatic heterocycles. The molecule has 0 unspecified atom stereocenters. The third-order valence-electron chi connectivity index (χ3n) is 5.00. The van der Waals surface area contributed by atoms with Crippen LogP contribution < -0.4 is 0 Å². The number of hydrogen-bond donors (Lipinski definition) is 2. The number of aliphatic hydroxyl groups is 2. The second kappa shape index (κ2) is 3.80. The number of nitrogens with zero attached hydrogens (tertiary/aromatic N) is 2. The number of likely N-dealkylation sites (tertiary alicyclic amines) is 1. The summed E-state index contributed by atoms with van der Waals surface area (Å²) in [6, 6.07) is 5.32. The van der Waals surface area contributed by atoms with Gasteiger partial charge in [-0.25, -0.2) is 4.85 Å². The van der Waals surface area contributed by atoms with E-state index in [0.29, 0.717) is 18.5 Å². The molecule has 2 N–H and O–H groups in total. The molecule has 100 valence electrons. The van der Waals surface area contributed by atoms with E-state index in [1.54, 1.807) is 0 Å². The van der Waals surface area contributed by atoms with Crippen LogP contribution in [-0.4, -0.2) is 40.5 Å². The topological polar surface area (TPSA) is 48.1 Å². The minimum atomic E-state index is -1.74. The van der Waals surface area contributed by atoms with Crippen molar-refractivity contribution in [1.29, 1.82) is 0 Å². The third kappa shape index (κ3) is 1.50. The van der Waals surface area contributed by atoms with Crippen molar-refractivity contribution in [3.8, 4) is 0 Å². The van der Waals surface area contributed by atoms with E-state index in [4.69, 9.17) is 6.57 Å². The van der Waals surface area contributed by atoms with E-state index < -0.39 is 11.2 Å². The van der Waals surface area contributed by atoms with Gasteiger partial charge in [0.2, 0.25) is 0 Å². The molecular formula is C15H18N2O2. The summed E-state index contributed by atoms with van der Waals surface area (Å²) in [6.45, 7) is 9.86. The first-order chi connectivity index (χ1) is 8.90. The van der Waals surface area contributed by atoms with Crippen LogP contribution in [-0.2, 0) is 11.8 Å². The Bertz CT molecular complexity index is 576. The zero-order valence-corrected chi connectivity index (χ0v) is 11.2. The molecule has 4 heteroatoms. The molecule has 3 rings (SSSR count). The number of benzene rings is 1. The highest BCUT2D eigenvalue weighted by Crippen LogP contribution is 2.50. The largest absolute Gasteiger partial charge is 0.364 e. The van der Waals surface area contributed by atoms with Crippen LogP contribution in [0, 0.1) is 6.57 Å². The Hall–Kier alpha value is -1.41. The van der Waals surface area contributed by atoms with Crippen molar-refractivity contribution in [2.24, 2.45) is 0 Å². The number of hydrogen-bond acceptors (Lipinski definition) is 3. The van der Waals surface area contributed by atoms with E-state index in [0.717, 1.165) is 17.7 Å². The highest BCUT2D eigenvalue weighted by atomic mass is 16.5. The van der Waals surface area contributed by atoms with E-state index in [9.17, 15) is 10.2 Å². The Morgan fingerprint density at radius 2 is 2.16 bits per heavy atom. The fraction of sp³-hybridized carbons (Fsp3) is 0.533. The quantitative estimate of drug-likeness (QED) is 0.547. The van der Waals surface area contributed by atoms with E-state index in [1.807, 2.05) is 37.1 Å². The van der Waals surface area contributed by atoms with Crippen molar-refractivity contribution in [2.75, 3.05) is 13.6 Å². The smallest absolute Gasteiger partial charge is 0.188 e. The van der Waals surface area contributed by atoms with Gasteiger partial charge in [0.25, 0.3) is 0 Å². The number of piperidine rings is 1. The predicted octanol–water partition coefficient (Wildman–Crippen LogP) is 1.44. The monoisotopic (exact) mass is 258 g/mol. The van der Waals surface area contributed by atoms with E-state index in [-0.39, 0.29) is 6.04 Å². The van der Waals surface area contributed by atoms with Gasteiger partial charge in [-0.1, -0.05) is 25.1 Å². The molecular weight excluding hydrogens is 240 g/mol. The SMILES string of the molecule is [C-]#[N+]c1ccc2c(c1)[C@@]1(C)CCN(C)[C@H](C2)C1(O)O. The summed E-state index contributed by atoms with van der Waals surface area (Å²) < 4.78 is 0. The highest BCUT2D eigenvalue weighted by molar-refractivity contribution is 5.54. The second-order valence-electron chi connectivity index (χ2n) is 5.96. The summed E-state index contributed by atoms with van der Waals surface area (Å²) in [6.07, 6.45) is 1.30. The lowest BCUT2D eigenvalue weighted by Crippen LogP contribution is -2.69. The van der Waals surface area contributed by atoms with Crippen LogP contribution in [0.4, 0.5) is 5.69 Å². The minimum absolute atomic E-state index is 0.280. The lowest BCUT2D eigenvalue weighted by molar-refractivity contribution is -0.270. The van der Waals surface area contributed by atoms with Gasteiger partial charge in [-0.2, -0.15) is 0 Å². The Morgan fingerprint density at radius 1 is 1.42 bits per heavy atom. The van der Waals surface area contributed by atoms with Gasteiger partial charge in [-0.3, -0.25) is 4.90 Å². The lowest BCUT2D eigenvalue weighted by Gasteiger charge is -2.57. The molecule has 1 saturated heterocycles. The van der Waals surface area contributed by atoms with Crippen LogP contribution in [0.15, 0.2) is 18.2 Å². The van der Waals surface area contributed by atoms with Gasteiger partial charge in [0, 0.05) is 5.41 Å². The van der Waals surface area contributed by atoms with Crippen molar-refractivity contribution in [1.82, 2.24) is 4.90 Å². The lowest BCUT2D eigenvalue weighted by atomic mass is 9.61. The first-order valence-electron chi connectivity index (χ1n) is 6.56. The Morgan fingerprint density at radius 3 is 2.84 bits per heavy atom. The third-order valence-corrected chi connectivity index (χ3v) is 5.00. The number of likely N-dealkylation sites (N-methyl/N-ethyl adjacent to an activating group) is 1. The van der Waals surface area contributed by atoms with Crippen LogP contribution in [0.5, 0.6) is 0 Å². The molecule has 19 heavy (non-hydrogen) atoms. The van der Waals surface area contributed by atoms with Gasteiger partial charge in [0.15, 0.2) is 11.5 Å². The average Bonchev–Trinajstić information content (AvgIpc) is 2.38. The maximum atomic E-state index is 10.6. The molecule has 1 fully saturated rings. The molecule has 1 aliphatic carbocycles. The fourth-order valence-electron chi connectivity index (χ4n) is 3.58. The van der Waals surface area contributed by atoms with E-state index in [2.05, 4.69) is 4.85 Å². The van der Waals surface area contributed by atoms with Gasteiger partial charge >= 0.3 is 0 Å². The number of fused-ring (bicyclic) bond motifs is 4. The first kappa shape index (κ1) is 12.6. The van der Waals surface area contributed by atoms with Gasteiger partial charge in [-0.15, -0.1) is 0 Å². The summed E-state index contributed by atoms with van der Waals surface area (Å²) in [5, 5.41) is 21.3. The molecule has 1 aromatic rings. The number of rotatable bonds is 0. The Labute approximate surface area is 113 Å². The van der Waals surface area contributed by atoms with Crippen LogP contribution in [0.2, 0.25) is 0 Å². The molecule has 1 aromatic carbocycles. The normalized spacial score (nSPS) is 32.5.